The molecule has 3 nitrogen and oxygen atoms in total. The van der Waals surface area contributed by atoms with Crippen LogP contribution < -0.4 is 4.74 Å². The van der Waals surface area contributed by atoms with Crippen molar-refractivity contribution in [1.29, 1.82) is 0 Å². The minimum atomic E-state index is -0.499. The van der Waals surface area contributed by atoms with Crippen molar-refractivity contribution in [2.45, 2.75) is 37.8 Å². The van der Waals surface area contributed by atoms with Crippen LogP contribution >= 0.6 is 11.6 Å². The van der Waals surface area contributed by atoms with E-state index in [1.165, 1.54) is 25.7 Å². The Balaban J connectivity index is 1.81. The smallest absolute Gasteiger partial charge is 0.125 e. The zero-order chi connectivity index (χ0) is 13.2. The average Bonchev–Trinajstić information content (AvgIpc) is 2.69. The summed E-state index contributed by atoms with van der Waals surface area (Å²) in [5, 5.41) is 11.3. The summed E-state index contributed by atoms with van der Waals surface area (Å²) in [4.78, 5) is 2.38. The quantitative estimate of drug-likeness (QED) is 0.859. The van der Waals surface area contributed by atoms with Gasteiger partial charge < -0.3 is 9.84 Å². The molecule has 1 fully saturated rings. The first kappa shape index (κ1) is 13.2. The Morgan fingerprint density at radius 1 is 1.16 bits per heavy atom. The van der Waals surface area contributed by atoms with Crippen molar-refractivity contribution in [3.63, 3.8) is 0 Å². The van der Waals surface area contributed by atoms with Crippen LogP contribution in [-0.2, 0) is 0 Å². The van der Waals surface area contributed by atoms with Gasteiger partial charge in [-0.2, -0.15) is 0 Å². The van der Waals surface area contributed by atoms with Crippen molar-refractivity contribution in [2.24, 2.45) is 0 Å². The molecule has 1 aromatic carbocycles. The number of ether oxygens (including phenoxy) is 1. The van der Waals surface area contributed by atoms with Crippen molar-refractivity contribution in [3.05, 3.63) is 28.8 Å². The molecule has 0 spiro atoms. The van der Waals surface area contributed by atoms with E-state index >= 15 is 0 Å². The van der Waals surface area contributed by atoms with Gasteiger partial charge in [0.15, 0.2) is 0 Å². The number of aliphatic hydroxyl groups excluding tert-OH is 1. The van der Waals surface area contributed by atoms with Gasteiger partial charge in [-0.15, -0.1) is 0 Å². The number of hydrogen-bond donors (Lipinski definition) is 1. The Kier molecular flexibility index (Phi) is 3.96. The van der Waals surface area contributed by atoms with E-state index in [0.29, 0.717) is 11.6 Å². The number of benzene rings is 1. The van der Waals surface area contributed by atoms with Gasteiger partial charge in [-0.3, -0.25) is 4.90 Å². The molecule has 4 heteroatoms. The van der Waals surface area contributed by atoms with Crippen molar-refractivity contribution in [1.82, 2.24) is 4.90 Å². The standard InChI is InChI=1S/C15H20ClNO2/c16-11-5-6-14-12(9-11)15(18)13(10-19-14)17-7-3-1-2-4-8-17/h5-6,9,13,15,18H,1-4,7-8,10H2. The van der Waals surface area contributed by atoms with E-state index in [-0.39, 0.29) is 6.04 Å². The summed E-state index contributed by atoms with van der Waals surface area (Å²) in [7, 11) is 0. The van der Waals surface area contributed by atoms with Crippen LogP contribution in [0, 0.1) is 0 Å². The van der Waals surface area contributed by atoms with Crippen LogP contribution in [0.1, 0.15) is 37.4 Å². The summed E-state index contributed by atoms with van der Waals surface area (Å²) in [5.74, 6) is 0.767. The van der Waals surface area contributed by atoms with Crippen LogP contribution in [0.4, 0.5) is 0 Å². The molecule has 2 heterocycles. The molecular weight excluding hydrogens is 262 g/mol. The first-order chi connectivity index (χ1) is 9.25. The van der Waals surface area contributed by atoms with E-state index in [4.69, 9.17) is 16.3 Å². The fourth-order valence-corrected chi connectivity index (χ4v) is 3.27. The predicted octanol–water partition coefficient (Wildman–Crippen LogP) is 3.01. The maximum absolute atomic E-state index is 10.6. The van der Waals surface area contributed by atoms with Crippen molar-refractivity contribution in [3.8, 4) is 5.75 Å². The van der Waals surface area contributed by atoms with Crippen LogP contribution in [-0.4, -0.2) is 35.7 Å². The molecule has 1 N–H and O–H groups in total. The Bertz CT molecular complexity index is 444. The Morgan fingerprint density at radius 2 is 1.89 bits per heavy atom. The Hall–Kier alpha value is -0.770. The molecule has 0 amide bonds. The van der Waals surface area contributed by atoms with Crippen molar-refractivity contribution >= 4 is 11.6 Å². The van der Waals surface area contributed by atoms with Gasteiger partial charge in [0.2, 0.25) is 0 Å². The van der Waals surface area contributed by atoms with Crippen LogP contribution in [0.25, 0.3) is 0 Å². The van der Waals surface area contributed by atoms with E-state index in [9.17, 15) is 5.11 Å². The molecule has 2 unspecified atom stereocenters. The van der Waals surface area contributed by atoms with Crippen molar-refractivity contribution in [2.75, 3.05) is 19.7 Å². The number of hydrogen-bond acceptors (Lipinski definition) is 3. The lowest BCUT2D eigenvalue weighted by molar-refractivity contribution is 0.00484. The third-order valence-electron chi connectivity index (χ3n) is 4.17. The summed E-state index contributed by atoms with van der Waals surface area (Å²) in [6, 6.07) is 5.54. The van der Waals surface area contributed by atoms with Gasteiger partial charge in [-0.05, 0) is 44.1 Å². The third-order valence-corrected chi connectivity index (χ3v) is 4.41. The highest BCUT2D eigenvalue weighted by Gasteiger charge is 2.33. The summed E-state index contributed by atoms with van der Waals surface area (Å²) in [6.07, 6.45) is 4.52. The van der Waals surface area contributed by atoms with E-state index in [0.717, 1.165) is 24.4 Å². The normalized spacial score (nSPS) is 28.3. The minimum absolute atomic E-state index is 0.0593. The fourth-order valence-electron chi connectivity index (χ4n) is 3.09. The monoisotopic (exact) mass is 281 g/mol. The highest BCUT2D eigenvalue weighted by Crippen LogP contribution is 2.36. The van der Waals surface area contributed by atoms with Crippen LogP contribution in [0.2, 0.25) is 5.02 Å². The second kappa shape index (κ2) is 5.70. The summed E-state index contributed by atoms with van der Waals surface area (Å²) < 4.78 is 5.80. The molecule has 2 aliphatic heterocycles. The summed E-state index contributed by atoms with van der Waals surface area (Å²) in [5.41, 5.74) is 0.827. The van der Waals surface area contributed by atoms with Gasteiger partial charge in [0.25, 0.3) is 0 Å². The topological polar surface area (TPSA) is 32.7 Å². The number of aliphatic hydroxyl groups is 1. The molecule has 0 aliphatic carbocycles. The second-order valence-electron chi connectivity index (χ2n) is 5.46. The third kappa shape index (κ3) is 2.73. The molecule has 3 rings (SSSR count). The van der Waals surface area contributed by atoms with Gasteiger partial charge in [-0.25, -0.2) is 0 Å². The lowest BCUT2D eigenvalue weighted by atomic mass is 9.97. The molecule has 1 saturated heterocycles. The minimum Gasteiger partial charge on any atom is -0.491 e. The van der Waals surface area contributed by atoms with Gasteiger partial charge in [0.1, 0.15) is 18.5 Å². The molecular formula is C15H20ClNO2. The van der Waals surface area contributed by atoms with Crippen LogP contribution in [0.3, 0.4) is 0 Å². The van der Waals surface area contributed by atoms with Gasteiger partial charge >= 0.3 is 0 Å². The van der Waals surface area contributed by atoms with E-state index in [1.807, 2.05) is 12.1 Å². The van der Waals surface area contributed by atoms with Gasteiger partial charge in [0, 0.05) is 10.6 Å². The molecule has 1 aromatic rings. The Morgan fingerprint density at radius 3 is 2.63 bits per heavy atom. The number of likely N-dealkylation sites (tertiary alicyclic amines) is 1. The van der Waals surface area contributed by atoms with E-state index < -0.39 is 6.10 Å². The highest BCUT2D eigenvalue weighted by molar-refractivity contribution is 6.30. The first-order valence-electron chi connectivity index (χ1n) is 7.10. The number of rotatable bonds is 1. The zero-order valence-corrected chi connectivity index (χ0v) is 11.8. The zero-order valence-electron chi connectivity index (χ0n) is 11.0. The van der Waals surface area contributed by atoms with E-state index in [1.54, 1.807) is 6.07 Å². The molecule has 2 aliphatic rings. The second-order valence-corrected chi connectivity index (χ2v) is 5.89. The molecule has 2 atom stereocenters. The maximum Gasteiger partial charge on any atom is 0.125 e. The largest absolute Gasteiger partial charge is 0.491 e. The molecule has 0 bridgehead atoms. The highest BCUT2D eigenvalue weighted by atomic mass is 35.5. The van der Waals surface area contributed by atoms with Crippen LogP contribution in [0.5, 0.6) is 5.75 Å². The SMILES string of the molecule is OC1c2cc(Cl)ccc2OCC1N1CCCCCC1. The van der Waals surface area contributed by atoms with Crippen molar-refractivity contribution < 1.29 is 9.84 Å². The fraction of sp³-hybridized carbons (Fsp3) is 0.600. The predicted molar refractivity (Wildman–Crippen MR) is 75.7 cm³/mol. The maximum atomic E-state index is 10.6. The van der Waals surface area contributed by atoms with E-state index in [2.05, 4.69) is 4.90 Å². The molecule has 19 heavy (non-hydrogen) atoms. The Labute approximate surface area is 119 Å². The summed E-state index contributed by atoms with van der Waals surface area (Å²) in [6.45, 7) is 2.68. The average molecular weight is 282 g/mol. The lowest BCUT2D eigenvalue weighted by Crippen LogP contribution is -2.46. The van der Waals surface area contributed by atoms with Gasteiger partial charge in [-0.1, -0.05) is 24.4 Å². The van der Waals surface area contributed by atoms with Crippen LogP contribution in [0.15, 0.2) is 18.2 Å². The molecule has 0 saturated carbocycles. The first-order valence-corrected chi connectivity index (χ1v) is 7.48. The number of halogens is 1. The van der Waals surface area contributed by atoms with Gasteiger partial charge in [0.05, 0.1) is 6.04 Å². The number of fused-ring (bicyclic) bond motifs is 1. The molecule has 104 valence electrons. The molecule has 0 aromatic heterocycles. The summed E-state index contributed by atoms with van der Waals surface area (Å²) >= 11 is 6.02. The lowest BCUT2D eigenvalue weighted by Gasteiger charge is -2.37. The molecule has 0 radical (unpaired) electrons. The number of nitrogens with zero attached hydrogens (tertiary/aromatic N) is 1.